The van der Waals surface area contributed by atoms with Gasteiger partial charge in [0.25, 0.3) is 0 Å². The average Bonchev–Trinajstić information content (AvgIpc) is 2.25. The summed E-state index contributed by atoms with van der Waals surface area (Å²) in [5.74, 6) is 0. The van der Waals surface area contributed by atoms with E-state index in [4.69, 9.17) is 5.73 Å². The summed E-state index contributed by atoms with van der Waals surface area (Å²) in [6, 6.07) is 16.7. The standard InChI is InChI=1S/C13H13NSe/c1-10-4-2-3-5-13(10)15-12-8-6-11(14)7-9-12/h2-9H,14H2,1H3. The molecule has 0 heterocycles. The van der Waals surface area contributed by atoms with E-state index in [9.17, 15) is 0 Å². The van der Waals surface area contributed by atoms with Gasteiger partial charge < -0.3 is 0 Å². The molecule has 2 N–H and O–H groups in total. The molecule has 2 aromatic carbocycles. The maximum absolute atomic E-state index is 5.66. The van der Waals surface area contributed by atoms with Gasteiger partial charge in [0, 0.05) is 0 Å². The van der Waals surface area contributed by atoms with Crippen molar-refractivity contribution in [1.29, 1.82) is 0 Å². The second kappa shape index (κ2) is 4.52. The number of hydrogen-bond acceptors (Lipinski definition) is 1. The van der Waals surface area contributed by atoms with Gasteiger partial charge in [-0.2, -0.15) is 0 Å². The topological polar surface area (TPSA) is 26.0 Å². The van der Waals surface area contributed by atoms with E-state index in [0.29, 0.717) is 15.0 Å². The van der Waals surface area contributed by atoms with Crippen LogP contribution in [-0.2, 0) is 0 Å². The molecule has 0 aliphatic rings. The van der Waals surface area contributed by atoms with Crippen LogP contribution in [0, 0.1) is 6.92 Å². The first kappa shape index (κ1) is 10.3. The molecule has 0 amide bonds. The van der Waals surface area contributed by atoms with E-state index in [0.717, 1.165) is 5.69 Å². The molecule has 0 unspecified atom stereocenters. The number of aryl methyl sites for hydroxylation is 1. The molecule has 0 bridgehead atoms. The molecule has 76 valence electrons. The van der Waals surface area contributed by atoms with Gasteiger partial charge in [-0.25, -0.2) is 0 Å². The van der Waals surface area contributed by atoms with Crippen LogP contribution < -0.4 is 14.7 Å². The van der Waals surface area contributed by atoms with Crippen molar-refractivity contribution in [2.75, 3.05) is 5.73 Å². The first-order chi connectivity index (χ1) is 7.25. The molecule has 0 saturated carbocycles. The number of anilines is 1. The third-order valence-electron chi connectivity index (χ3n) is 2.20. The Labute approximate surface area is 96.5 Å². The zero-order valence-electron chi connectivity index (χ0n) is 8.60. The van der Waals surface area contributed by atoms with Crippen molar-refractivity contribution < 1.29 is 0 Å². The summed E-state index contributed by atoms with van der Waals surface area (Å²) < 4.78 is 2.81. The van der Waals surface area contributed by atoms with Crippen LogP contribution in [0.3, 0.4) is 0 Å². The SMILES string of the molecule is Cc1ccccc1[Se]c1ccc(N)cc1. The van der Waals surface area contributed by atoms with E-state index in [2.05, 4.69) is 43.3 Å². The van der Waals surface area contributed by atoms with Gasteiger partial charge in [0.2, 0.25) is 0 Å². The summed E-state index contributed by atoms with van der Waals surface area (Å²) in [4.78, 5) is 0. The minimum atomic E-state index is 0.388. The summed E-state index contributed by atoms with van der Waals surface area (Å²) >= 11 is 0.388. The van der Waals surface area contributed by atoms with Crippen molar-refractivity contribution in [3.05, 3.63) is 54.1 Å². The van der Waals surface area contributed by atoms with Gasteiger partial charge in [-0.1, -0.05) is 0 Å². The van der Waals surface area contributed by atoms with Crippen molar-refractivity contribution in [1.82, 2.24) is 0 Å². The Balaban J connectivity index is 2.22. The second-order valence-electron chi connectivity index (χ2n) is 3.44. The fourth-order valence-electron chi connectivity index (χ4n) is 1.33. The molecule has 2 rings (SSSR count). The maximum atomic E-state index is 5.66. The molecule has 0 aliphatic heterocycles. The van der Waals surface area contributed by atoms with Crippen LogP contribution in [0.15, 0.2) is 48.5 Å². The van der Waals surface area contributed by atoms with Crippen molar-refractivity contribution in [3.8, 4) is 0 Å². The predicted molar refractivity (Wildman–Crippen MR) is 67.1 cm³/mol. The first-order valence-electron chi connectivity index (χ1n) is 4.85. The van der Waals surface area contributed by atoms with E-state index < -0.39 is 0 Å². The Morgan fingerprint density at radius 3 is 2.27 bits per heavy atom. The van der Waals surface area contributed by atoms with Crippen LogP contribution in [0.25, 0.3) is 0 Å². The molecule has 0 saturated heterocycles. The van der Waals surface area contributed by atoms with E-state index in [-0.39, 0.29) is 0 Å². The Hall–Kier alpha value is -1.24. The third-order valence-corrected chi connectivity index (χ3v) is 4.69. The Morgan fingerprint density at radius 1 is 0.933 bits per heavy atom. The summed E-state index contributed by atoms with van der Waals surface area (Å²) in [5.41, 5.74) is 7.86. The predicted octanol–water partition coefficient (Wildman–Crippen LogP) is 1.23. The monoisotopic (exact) mass is 263 g/mol. The molecule has 15 heavy (non-hydrogen) atoms. The van der Waals surface area contributed by atoms with Gasteiger partial charge in [0.1, 0.15) is 0 Å². The summed E-state index contributed by atoms with van der Waals surface area (Å²) in [7, 11) is 0. The second-order valence-corrected chi connectivity index (χ2v) is 5.78. The van der Waals surface area contributed by atoms with Crippen LogP contribution in [0.5, 0.6) is 0 Å². The molecular weight excluding hydrogens is 249 g/mol. The molecule has 0 aliphatic carbocycles. The number of rotatable bonds is 2. The molecule has 2 aromatic rings. The molecule has 0 aromatic heterocycles. The van der Waals surface area contributed by atoms with Crippen molar-refractivity contribution in [3.63, 3.8) is 0 Å². The van der Waals surface area contributed by atoms with E-state index in [1.54, 1.807) is 0 Å². The van der Waals surface area contributed by atoms with E-state index >= 15 is 0 Å². The fourth-order valence-corrected chi connectivity index (χ4v) is 3.23. The third kappa shape index (κ3) is 2.62. The van der Waals surface area contributed by atoms with Gasteiger partial charge in [-0.15, -0.1) is 0 Å². The van der Waals surface area contributed by atoms with Crippen LogP contribution in [0.4, 0.5) is 5.69 Å². The number of benzene rings is 2. The molecular formula is C13H13NSe. The molecule has 2 heteroatoms. The van der Waals surface area contributed by atoms with E-state index in [1.807, 2.05) is 12.1 Å². The van der Waals surface area contributed by atoms with Crippen LogP contribution in [0.1, 0.15) is 5.56 Å². The van der Waals surface area contributed by atoms with Gasteiger partial charge in [-0.3, -0.25) is 0 Å². The number of nitrogen functional groups attached to an aromatic ring is 1. The van der Waals surface area contributed by atoms with Gasteiger partial charge in [0.15, 0.2) is 0 Å². The molecule has 0 spiro atoms. The zero-order valence-corrected chi connectivity index (χ0v) is 10.3. The summed E-state index contributed by atoms with van der Waals surface area (Å²) in [6.07, 6.45) is 0. The summed E-state index contributed by atoms with van der Waals surface area (Å²) in [5, 5.41) is 0. The van der Waals surface area contributed by atoms with E-state index in [1.165, 1.54) is 14.5 Å². The zero-order chi connectivity index (χ0) is 10.7. The Kier molecular flexibility index (Phi) is 3.10. The normalized spacial score (nSPS) is 10.2. The molecule has 1 nitrogen and oxygen atoms in total. The molecule has 0 atom stereocenters. The minimum absolute atomic E-state index is 0.388. The van der Waals surface area contributed by atoms with Crippen molar-refractivity contribution >= 4 is 29.6 Å². The van der Waals surface area contributed by atoms with Crippen molar-refractivity contribution in [2.24, 2.45) is 0 Å². The fraction of sp³-hybridized carbons (Fsp3) is 0.0769. The number of hydrogen-bond donors (Lipinski definition) is 1. The molecule has 0 radical (unpaired) electrons. The van der Waals surface area contributed by atoms with Gasteiger partial charge >= 0.3 is 96.3 Å². The van der Waals surface area contributed by atoms with Crippen LogP contribution >= 0.6 is 0 Å². The van der Waals surface area contributed by atoms with Crippen LogP contribution in [-0.4, -0.2) is 15.0 Å². The van der Waals surface area contributed by atoms with Crippen molar-refractivity contribution in [2.45, 2.75) is 6.92 Å². The van der Waals surface area contributed by atoms with Crippen LogP contribution in [0.2, 0.25) is 0 Å². The van der Waals surface area contributed by atoms with Gasteiger partial charge in [0.05, 0.1) is 0 Å². The Morgan fingerprint density at radius 2 is 1.60 bits per heavy atom. The number of nitrogens with two attached hydrogens (primary N) is 1. The average molecular weight is 262 g/mol. The quantitative estimate of drug-likeness (QED) is 0.639. The van der Waals surface area contributed by atoms with Gasteiger partial charge in [-0.05, 0) is 0 Å². The Bertz CT molecular complexity index is 448. The summed E-state index contributed by atoms with van der Waals surface area (Å²) in [6.45, 7) is 2.16. The first-order valence-corrected chi connectivity index (χ1v) is 6.56. The molecule has 0 fully saturated rings.